The molecule has 1 saturated heterocycles. The van der Waals surface area contributed by atoms with Crippen LogP contribution in [0.4, 0.5) is 11.4 Å². The van der Waals surface area contributed by atoms with Gasteiger partial charge in [-0.1, -0.05) is 60.7 Å². The van der Waals surface area contributed by atoms with E-state index in [1.54, 1.807) is 35.2 Å². The van der Waals surface area contributed by atoms with E-state index in [4.69, 9.17) is 9.41 Å². The molecule has 0 saturated carbocycles. The lowest BCUT2D eigenvalue weighted by Gasteiger charge is -2.15. The quantitative estimate of drug-likeness (QED) is 0.175. The Hall–Kier alpha value is -4.43. The zero-order valence-corrected chi connectivity index (χ0v) is 19.2. The summed E-state index contributed by atoms with van der Waals surface area (Å²) in [4.78, 5) is 30.8. The number of nitrogens with zero attached hydrogens (tertiary/aromatic N) is 3. The van der Waals surface area contributed by atoms with E-state index in [9.17, 15) is 14.9 Å². The number of furan rings is 1. The van der Waals surface area contributed by atoms with Crippen LogP contribution in [0.2, 0.25) is 0 Å². The van der Waals surface area contributed by atoms with Gasteiger partial charge in [-0.25, -0.2) is 4.99 Å². The number of carbonyl (C=O) groups excluding carboxylic acids is 1. The van der Waals surface area contributed by atoms with Gasteiger partial charge in [-0.2, -0.15) is 0 Å². The third-order valence-corrected chi connectivity index (χ3v) is 6.30. The van der Waals surface area contributed by atoms with E-state index in [1.165, 1.54) is 23.9 Å². The van der Waals surface area contributed by atoms with Crippen LogP contribution < -0.4 is 0 Å². The molecule has 2 heterocycles. The van der Waals surface area contributed by atoms with Crippen molar-refractivity contribution in [3.63, 3.8) is 0 Å². The number of thioether (sulfide) groups is 1. The summed E-state index contributed by atoms with van der Waals surface area (Å²) in [5, 5.41) is 11.7. The lowest BCUT2D eigenvalue weighted by molar-refractivity contribution is -0.384. The first-order chi connectivity index (χ1) is 17.1. The largest absolute Gasteiger partial charge is 0.457 e. The zero-order valence-electron chi connectivity index (χ0n) is 18.4. The number of hydrogen-bond donors (Lipinski definition) is 0. The van der Waals surface area contributed by atoms with Crippen molar-refractivity contribution in [1.82, 2.24) is 4.90 Å². The van der Waals surface area contributed by atoms with E-state index in [-0.39, 0.29) is 11.6 Å². The van der Waals surface area contributed by atoms with E-state index in [1.807, 2.05) is 60.7 Å². The first-order valence-electron chi connectivity index (χ1n) is 10.8. The average molecular weight is 482 g/mol. The molecular weight excluding hydrogens is 462 g/mol. The number of hydrogen-bond acceptors (Lipinski definition) is 6. The molecule has 4 aromatic rings. The van der Waals surface area contributed by atoms with Crippen molar-refractivity contribution in [2.75, 3.05) is 0 Å². The molecule has 0 unspecified atom stereocenters. The average Bonchev–Trinajstić information content (AvgIpc) is 3.46. The zero-order chi connectivity index (χ0) is 24.2. The summed E-state index contributed by atoms with van der Waals surface area (Å²) in [5.41, 5.74) is 2.33. The van der Waals surface area contributed by atoms with Crippen molar-refractivity contribution in [2.45, 2.75) is 6.54 Å². The molecule has 0 radical (unpaired) electrons. The molecule has 0 bridgehead atoms. The van der Waals surface area contributed by atoms with Crippen molar-refractivity contribution < 1.29 is 14.1 Å². The second-order valence-electron chi connectivity index (χ2n) is 7.73. The Bertz CT molecular complexity index is 1450. The number of para-hydroxylation sites is 1. The molecular formula is C27H19N3O4S. The molecule has 5 rings (SSSR count). The van der Waals surface area contributed by atoms with Gasteiger partial charge in [0.25, 0.3) is 11.6 Å². The maximum atomic E-state index is 13.4. The van der Waals surface area contributed by atoms with Gasteiger partial charge in [0.1, 0.15) is 11.5 Å². The van der Waals surface area contributed by atoms with Crippen molar-refractivity contribution in [1.29, 1.82) is 0 Å². The van der Waals surface area contributed by atoms with Gasteiger partial charge in [0, 0.05) is 23.8 Å². The molecule has 0 N–H and O–H groups in total. The Morgan fingerprint density at radius 2 is 1.69 bits per heavy atom. The third-order valence-electron chi connectivity index (χ3n) is 5.29. The van der Waals surface area contributed by atoms with E-state index < -0.39 is 4.92 Å². The predicted octanol–water partition coefficient (Wildman–Crippen LogP) is 6.66. The Morgan fingerprint density at radius 1 is 0.943 bits per heavy atom. The summed E-state index contributed by atoms with van der Waals surface area (Å²) in [6.07, 6.45) is 1.68. The molecule has 3 aromatic carbocycles. The lowest BCUT2D eigenvalue weighted by atomic mass is 10.1. The number of nitro benzene ring substituents is 1. The van der Waals surface area contributed by atoms with Gasteiger partial charge < -0.3 is 4.42 Å². The Kier molecular flexibility index (Phi) is 6.28. The molecule has 1 aromatic heterocycles. The van der Waals surface area contributed by atoms with Crippen LogP contribution in [0.15, 0.2) is 111 Å². The monoisotopic (exact) mass is 481 g/mol. The van der Waals surface area contributed by atoms with Gasteiger partial charge in [0.2, 0.25) is 0 Å². The van der Waals surface area contributed by atoms with Crippen molar-refractivity contribution in [3.05, 3.63) is 123 Å². The molecule has 0 spiro atoms. The van der Waals surface area contributed by atoms with E-state index in [0.29, 0.717) is 33.7 Å². The maximum Gasteiger partial charge on any atom is 0.270 e. The van der Waals surface area contributed by atoms with Crippen LogP contribution in [0.1, 0.15) is 11.3 Å². The van der Waals surface area contributed by atoms with Crippen LogP contribution in [-0.2, 0) is 11.3 Å². The number of amidine groups is 1. The summed E-state index contributed by atoms with van der Waals surface area (Å²) in [7, 11) is 0. The topological polar surface area (TPSA) is 88.9 Å². The van der Waals surface area contributed by atoms with Crippen LogP contribution in [-0.4, -0.2) is 20.9 Å². The molecule has 7 nitrogen and oxygen atoms in total. The predicted molar refractivity (Wildman–Crippen MR) is 137 cm³/mol. The minimum absolute atomic E-state index is 0.0151. The van der Waals surface area contributed by atoms with Crippen molar-refractivity contribution >= 4 is 40.3 Å². The molecule has 172 valence electrons. The molecule has 0 atom stereocenters. The Labute approximate surface area is 205 Å². The maximum absolute atomic E-state index is 13.4. The number of nitro groups is 1. The number of non-ortho nitro benzene ring substituents is 1. The van der Waals surface area contributed by atoms with Gasteiger partial charge in [-0.15, -0.1) is 0 Å². The van der Waals surface area contributed by atoms with Gasteiger partial charge in [0.15, 0.2) is 5.17 Å². The highest BCUT2D eigenvalue weighted by molar-refractivity contribution is 8.18. The first kappa shape index (κ1) is 22.4. The molecule has 1 amide bonds. The van der Waals surface area contributed by atoms with Gasteiger partial charge >= 0.3 is 0 Å². The van der Waals surface area contributed by atoms with Crippen LogP contribution in [0, 0.1) is 10.1 Å². The van der Waals surface area contributed by atoms with E-state index in [0.717, 1.165) is 11.3 Å². The van der Waals surface area contributed by atoms with E-state index in [2.05, 4.69) is 0 Å². The fraction of sp³-hybridized carbons (Fsp3) is 0.0370. The first-order valence-corrected chi connectivity index (χ1v) is 11.6. The molecule has 1 fully saturated rings. The molecule has 0 aliphatic carbocycles. The SMILES string of the molecule is O=C1C(=Cc2ccc(-c3cccc([N+](=O)[O-])c3)o2)SC(=Nc2ccccc2)N1Cc1ccccc1. The van der Waals surface area contributed by atoms with Crippen LogP contribution in [0.5, 0.6) is 0 Å². The van der Waals surface area contributed by atoms with Gasteiger partial charge in [0.05, 0.1) is 22.1 Å². The van der Waals surface area contributed by atoms with Crippen molar-refractivity contribution in [2.24, 2.45) is 4.99 Å². The van der Waals surface area contributed by atoms with Crippen LogP contribution >= 0.6 is 11.8 Å². The summed E-state index contributed by atoms with van der Waals surface area (Å²) in [5.74, 6) is 0.792. The number of carbonyl (C=O) groups is 1. The third kappa shape index (κ3) is 5.07. The molecule has 1 aliphatic heterocycles. The summed E-state index contributed by atoms with van der Waals surface area (Å²) in [6.45, 7) is 0.396. The molecule has 8 heteroatoms. The van der Waals surface area contributed by atoms with Crippen molar-refractivity contribution in [3.8, 4) is 11.3 Å². The van der Waals surface area contributed by atoms with E-state index >= 15 is 0 Å². The minimum Gasteiger partial charge on any atom is -0.457 e. The highest BCUT2D eigenvalue weighted by atomic mass is 32.2. The highest BCUT2D eigenvalue weighted by Gasteiger charge is 2.33. The fourth-order valence-electron chi connectivity index (χ4n) is 3.60. The second-order valence-corrected chi connectivity index (χ2v) is 8.74. The number of amides is 1. The normalized spacial score (nSPS) is 15.8. The number of benzene rings is 3. The van der Waals surface area contributed by atoms with Crippen LogP contribution in [0.3, 0.4) is 0 Å². The minimum atomic E-state index is -0.446. The second kappa shape index (κ2) is 9.82. The van der Waals surface area contributed by atoms with Gasteiger partial charge in [-0.05, 0) is 41.6 Å². The standard InChI is InChI=1S/C27H19N3O4S/c31-26-25(17-23-14-15-24(34-23)20-10-7-13-22(16-20)30(32)33)35-27(28-21-11-5-2-6-12-21)29(26)18-19-8-3-1-4-9-19/h1-17H,18H2. The lowest BCUT2D eigenvalue weighted by Crippen LogP contribution is -2.28. The summed E-state index contributed by atoms with van der Waals surface area (Å²) >= 11 is 1.29. The Morgan fingerprint density at radius 3 is 2.43 bits per heavy atom. The number of rotatable bonds is 6. The summed E-state index contributed by atoms with van der Waals surface area (Å²) in [6, 6.07) is 28.9. The molecule has 35 heavy (non-hydrogen) atoms. The Balaban J connectivity index is 1.45. The van der Waals surface area contributed by atoms with Gasteiger partial charge in [-0.3, -0.25) is 19.8 Å². The molecule has 1 aliphatic rings. The summed E-state index contributed by atoms with van der Waals surface area (Å²) < 4.78 is 5.90. The smallest absolute Gasteiger partial charge is 0.270 e. The highest BCUT2D eigenvalue weighted by Crippen LogP contribution is 2.36. The number of aliphatic imine (C=N–C) groups is 1. The fourth-order valence-corrected chi connectivity index (χ4v) is 4.58. The van der Waals surface area contributed by atoms with Crippen LogP contribution in [0.25, 0.3) is 17.4 Å².